The normalized spacial score (nSPS) is 19.3. The Labute approximate surface area is 151 Å². The smallest absolute Gasteiger partial charge is 0.0976 e. The van der Waals surface area contributed by atoms with Gasteiger partial charge in [-0.15, -0.1) is 0 Å². The van der Waals surface area contributed by atoms with Crippen LogP contribution in [0.4, 0.5) is 0 Å². The third kappa shape index (κ3) is 5.27. The highest BCUT2D eigenvalue weighted by molar-refractivity contribution is 9.10. The van der Waals surface area contributed by atoms with Gasteiger partial charge < -0.3 is 0 Å². The van der Waals surface area contributed by atoms with Crippen molar-refractivity contribution in [3.05, 3.63) is 40.9 Å². The lowest BCUT2D eigenvalue weighted by molar-refractivity contribution is 0.326. The van der Waals surface area contributed by atoms with Gasteiger partial charge in [0.2, 0.25) is 0 Å². The molecule has 1 aromatic rings. The monoisotopic (exact) mass is 397 g/mol. The molecule has 23 heavy (non-hydrogen) atoms. The molecule has 4 heteroatoms. The van der Waals surface area contributed by atoms with Crippen LogP contribution in [0.5, 0.6) is 0 Å². The molecule has 2 rings (SSSR count). The third-order valence-electron chi connectivity index (χ3n) is 4.50. The van der Waals surface area contributed by atoms with E-state index in [0.717, 1.165) is 15.6 Å². The quantitative estimate of drug-likeness (QED) is 0.701. The van der Waals surface area contributed by atoms with Crippen LogP contribution in [-0.2, 0) is 11.0 Å². The molecule has 1 N–H and O–H groups in total. The standard InChI is InChI=1S/C19H28BrNOS/c1-14(15-10-12-17(20)13-11-15)18(16-8-6-5-7-9-16)21-23(22)19(2,3)4/h10-13,16,18,21H,1,5-9H2,2-4H3/t18-,23+/m0/s1. The molecule has 1 aliphatic rings. The van der Waals surface area contributed by atoms with E-state index >= 15 is 0 Å². The molecule has 0 bridgehead atoms. The SMILES string of the molecule is C=C(c1ccc(Br)cc1)[C@H](N[S@](=O)C(C)(C)C)C1CCCCC1. The second-order valence-electron chi connectivity index (χ2n) is 7.41. The van der Waals surface area contributed by atoms with E-state index in [1.165, 1.54) is 32.1 Å². The van der Waals surface area contributed by atoms with Crippen LogP contribution in [0.1, 0.15) is 58.4 Å². The van der Waals surface area contributed by atoms with Crippen LogP contribution in [0.15, 0.2) is 35.3 Å². The first-order valence-electron chi connectivity index (χ1n) is 8.42. The van der Waals surface area contributed by atoms with Crippen LogP contribution < -0.4 is 4.72 Å². The molecule has 1 aromatic carbocycles. The second kappa shape index (κ2) is 8.09. The predicted molar refractivity (Wildman–Crippen MR) is 105 cm³/mol. The van der Waals surface area contributed by atoms with Gasteiger partial charge in [0.15, 0.2) is 0 Å². The Morgan fingerprint density at radius 3 is 2.30 bits per heavy atom. The zero-order chi connectivity index (χ0) is 17.0. The third-order valence-corrected chi connectivity index (χ3v) is 6.61. The summed E-state index contributed by atoms with van der Waals surface area (Å²) in [6, 6.07) is 8.34. The average molecular weight is 398 g/mol. The fourth-order valence-electron chi connectivity index (χ4n) is 3.05. The second-order valence-corrected chi connectivity index (χ2v) is 10.3. The van der Waals surface area contributed by atoms with Crippen molar-refractivity contribution in [3.63, 3.8) is 0 Å². The van der Waals surface area contributed by atoms with Crippen molar-refractivity contribution in [2.45, 2.75) is 63.7 Å². The minimum Gasteiger partial charge on any atom is -0.242 e. The Kier molecular flexibility index (Phi) is 6.64. The number of benzene rings is 1. The Bertz CT molecular complexity index is 556. The molecular weight excluding hydrogens is 370 g/mol. The van der Waals surface area contributed by atoms with E-state index < -0.39 is 11.0 Å². The highest BCUT2D eigenvalue weighted by Gasteiger charge is 2.30. The topological polar surface area (TPSA) is 29.1 Å². The summed E-state index contributed by atoms with van der Waals surface area (Å²) >= 11 is 3.48. The fraction of sp³-hybridized carbons (Fsp3) is 0.579. The van der Waals surface area contributed by atoms with Crippen LogP contribution in [-0.4, -0.2) is 15.0 Å². The van der Waals surface area contributed by atoms with E-state index in [2.05, 4.69) is 39.4 Å². The van der Waals surface area contributed by atoms with Gasteiger partial charge in [-0.1, -0.05) is 53.9 Å². The Hall–Kier alpha value is -0.450. The summed E-state index contributed by atoms with van der Waals surface area (Å²) in [4.78, 5) is 0. The summed E-state index contributed by atoms with van der Waals surface area (Å²) in [5.74, 6) is 0.520. The van der Waals surface area contributed by atoms with E-state index in [4.69, 9.17) is 0 Å². The van der Waals surface area contributed by atoms with E-state index in [0.29, 0.717) is 5.92 Å². The van der Waals surface area contributed by atoms with Gasteiger partial charge in [-0.05, 0) is 62.8 Å². The van der Waals surface area contributed by atoms with Crippen molar-refractivity contribution in [1.29, 1.82) is 0 Å². The lowest BCUT2D eigenvalue weighted by atomic mass is 9.80. The number of hydrogen-bond acceptors (Lipinski definition) is 1. The van der Waals surface area contributed by atoms with Gasteiger partial charge in [-0.2, -0.15) is 0 Å². The van der Waals surface area contributed by atoms with Gasteiger partial charge in [0.25, 0.3) is 0 Å². The predicted octanol–water partition coefficient (Wildman–Crippen LogP) is 5.46. The number of nitrogens with one attached hydrogen (secondary N) is 1. The minimum absolute atomic E-state index is 0.0801. The van der Waals surface area contributed by atoms with Crippen LogP contribution in [0.2, 0.25) is 0 Å². The molecule has 1 aliphatic carbocycles. The largest absolute Gasteiger partial charge is 0.242 e. The Morgan fingerprint density at radius 1 is 1.22 bits per heavy atom. The number of halogens is 1. The van der Waals surface area contributed by atoms with Gasteiger partial charge in [0.1, 0.15) is 0 Å². The highest BCUT2D eigenvalue weighted by atomic mass is 79.9. The van der Waals surface area contributed by atoms with Crippen LogP contribution >= 0.6 is 15.9 Å². The molecule has 0 radical (unpaired) electrons. The molecule has 2 atom stereocenters. The molecule has 128 valence electrons. The van der Waals surface area contributed by atoms with Gasteiger partial charge in [-0.3, -0.25) is 0 Å². The number of rotatable bonds is 5. The maximum atomic E-state index is 12.7. The molecule has 2 nitrogen and oxygen atoms in total. The summed E-state index contributed by atoms with van der Waals surface area (Å²) in [6.07, 6.45) is 6.22. The lowest BCUT2D eigenvalue weighted by Gasteiger charge is -2.34. The van der Waals surface area contributed by atoms with Crippen LogP contribution in [0.3, 0.4) is 0 Å². The maximum absolute atomic E-state index is 12.7. The van der Waals surface area contributed by atoms with E-state index in [-0.39, 0.29) is 10.8 Å². The first kappa shape index (κ1) is 18.9. The summed E-state index contributed by atoms with van der Waals surface area (Å²) in [5.41, 5.74) is 2.18. The molecule has 0 aromatic heterocycles. The lowest BCUT2D eigenvalue weighted by Crippen LogP contribution is -2.44. The molecule has 1 saturated carbocycles. The van der Waals surface area contributed by atoms with Crippen molar-refractivity contribution in [2.75, 3.05) is 0 Å². The molecule has 0 spiro atoms. The first-order valence-corrected chi connectivity index (χ1v) is 10.4. The summed E-state index contributed by atoms with van der Waals surface area (Å²) in [7, 11) is -1.09. The number of hydrogen-bond donors (Lipinski definition) is 1. The van der Waals surface area contributed by atoms with E-state index in [1.54, 1.807) is 0 Å². The summed E-state index contributed by atoms with van der Waals surface area (Å²) < 4.78 is 16.9. The minimum atomic E-state index is -1.09. The van der Waals surface area contributed by atoms with Crippen LogP contribution in [0.25, 0.3) is 5.57 Å². The van der Waals surface area contributed by atoms with Gasteiger partial charge in [0, 0.05) is 10.5 Å². The van der Waals surface area contributed by atoms with Gasteiger partial charge in [-0.25, -0.2) is 8.93 Å². The fourth-order valence-corrected chi connectivity index (χ4v) is 4.24. The molecule has 0 aliphatic heterocycles. The van der Waals surface area contributed by atoms with Crippen molar-refractivity contribution in [1.82, 2.24) is 4.72 Å². The summed E-state index contributed by atoms with van der Waals surface area (Å²) in [6.45, 7) is 10.4. The highest BCUT2D eigenvalue weighted by Crippen LogP contribution is 2.33. The Morgan fingerprint density at radius 2 is 1.78 bits per heavy atom. The van der Waals surface area contributed by atoms with Crippen molar-refractivity contribution in [3.8, 4) is 0 Å². The van der Waals surface area contributed by atoms with Crippen molar-refractivity contribution < 1.29 is 4.21 Å². The van der Waals surface area contributed by atoms with Crippen molar-refractivity contribution >= 4 is 32.5 Å². The zero-order valence-electron chi connectivity index (χ0n) is 14.4. The molecule has 0 amide bonds. The zero-order valence-corrected chi connectivity index (χ0v) is 16.8. The van der Waals surface area contributed by atoms with Gasteiger partial charge in [0.05, 0.1) is 15.7 Å². The van der Waals surface area contributed by atoms with E-state index in [1.807, 2.05) is 32.9 Å². The molecule has 0 saturated heterocycles. The summed E-state index contributed by atoms with van der Waals surface area (Å²) in [5, 5.41) is 0. The van der Waals surface area contributed by atoms with Gasteiger partial charge >= 0.3 is 0 Å². The Balaban J connectivity index is 2.22. The molecule has 0 unspecified atom stereocenters. The maximum Gasteiger partial charge on any atom is 0.0976 e. The molecular formula is C19H28BrNOS. The molecule has 1 fully saturated rings. The van der Waals surface area contributed by atoms with Crippen molar-refractivity contribution in [2.24, 2.45) is 5.92 Å². The molecule has 0 heterocycles. The average Bonchev–Trinajstić information content (AvgIpc) is 2.52. The van der Waals surface area contributed by atoms with E-state index in [9.17, 15) is 4.21 Å². The first-order chi connectivity index (χ1) is 10.8. The van der Waals surface area contributed by atoms with Crippen LogP contribution in [0, 0.1) is 5.92 Å².